The molecule has 5 heteroatoms. The minimum absolute atomic E-state index is 0.122. The molecule has 0 spiro atoms. The van der Waals surface area contributed by atoms with E-state index < -0.39 is 0 Å². The van der Waals surface area contributed by atoms with Crippen LogP contribution in [0, 0.1) is 6.92 Å². The first kappa shape index (κ1) is 14.2. The van der Waals surface area contributed by atoms with Crippen LogP contribution in [-0.2, 0) is 6.54 Å². The Hall–Kier alpha value is -1.19. The molecule has 0 fully saturated rings. The largest absolute Gasteiger partial charge is 0.377 e. The molecule has 1 N–H and O–H groups in total. The topological polar surface area (TPSA) is 29.9 Å². The summed E-state index contributed by atoms with van der Waals surface area (Å²) in [6.45, 7) is 6.93. The van der Waals surface area contributed by atoms with Crippen molar-refractivity contribution in [3.05, 3.63) is 45.7 Å². The second kappa shape index (κ2) is 5.85. The smallest absolute Gasteiger partial charge is 0.0641 e. The van der Waals surface area contributed by atoms with Crippen molar-refractivity contribution in [3.63, 3.8) is 0 Å². The molecule has 0 amide bonds. The van der Waals surface area contributed by atoms with Crippen molar-refractivity contribution >= 4 is 28.9 Å². The number of nitrogens with one attached hydrogen (secondary N) is 1. The van der Waals surface area contributed by atoms with Gasteiger partial charge in [-0.25, -0.2) is 0 Å². The van der Waals surface area contributed by atoms with Gasteiger partial charge < -0.3 is 5.32 Å². The maximum atomic E-state index is 6.22. The summed E-state index contributed by atoms with van der Waals surface area (Å²) < 4.78 is 1.90. The number of aromatic nitrogens is 2. The third kappa shape index (κ3) is 3.23. The van der Waals surface area contributed by atoms with Gasteiger partial charge in [-0.3, -0.25) is 4.68 Å². The number of rotatable bonds is 4. The van der Waals surface area contributed by atoms with Crippen LogP contribution < -0.4 is 5.32 Å². The molecule has 1 unspecified atom stereocenters. The quantitative estimate of drug-likeness (QED) is 0.887. The molecule has 0 bridgehead atoms. The number of nitrogens with zero attached hydrogens (tertiary/aromatic N) is 2. The molecule has 0 saturated carbocycles. The van der Waals surface area contributed by atoms with Crippen molar-refractivity contribution in [1.82, 2.24) is 9.78 Å². The Labute approximate surface area is 123 Å². The zero-order chi connectivity index (χ0) is 14.0. The highest BCUT2D eigenvalue weighted by molar-refractivity contribution is 6.35. The highest BCUT2D eigenvalue weighted by atomic mass is 35.5. The molecule has 102 valence electrons. The molecule has 1 heterocycles. The van der Waals surface area contributed by atoms with Crippen LogP contribution in [0.15, 0.2) is 24.5 Å². The van der Waals surface area contributed by atoms with Gasteiger partial charge in [0.15, 0.2) is 0 Å². The van der Waals surface area contributed by atoms with E-state index in [9.17, 15) is 0 Å². The molecule has 0 radical (unpaired) electrons. The lowest BCUT2D eigenvalue weighted by Crippen LogP contribution is -2.06. The lowest BCUT2D eigenvalue weighted by Gasteiger charge is -2.16. The van der Waals surface area contributed by atoms with Crippen molar-refractivity contribution in [2.24, 2.45) is 0 Å². The van der Waals surface area contributed by atoms with E-state index >= 15 is 0 Å². The molecule has 0 aliphatic rings. The minimum atomic E-state index is 0.122. The first-order valence-corrected chi connectivity index (χ1v) is 7.01. The van der Waals surface area contributed by atoms with E-state index in [4.69, 9.17) is 23.2 Å². The number of halogens is 2. The minimum Gasteiger partial charge on any atom is -0.377 e. The van der Waals surface area contributed by atoms with Gasteiger partial charge in [-0.05, 0) is 38.5 Å². The molecule has 3 nitrogen and oxygen atoms in total. The Bertz CT molecular complexity index is 578. The van der Waals surface area contributed by atoms with Crippen molar-refractivity contribution in [1.29, 1.82) is 0 Å². The normalized spacial score (nSPS) is 12.5. The van der Waals surface area contributed by atoms with Gasteiger partial charge in [0.25, 0.3) is 0 Å². The number of aryl methyl sites for hydroxylation is 2. The van der Waals surface area contributed by atoms with E-state index in [1.54, 1.807) is 0 Å². The average molecular weight is 298 g/mol. The standard InChI is InChI=1S/C14H17Cl2N3/c1-4-19-8-11(7-17-19)10(3)18-14-6-12(15)9(2)5-13(14)16/h5-8,10,18H,4H2,1-3H3. The zero-order valence-corrected chi connectivity index (χ0v) is 12.8. The van der Waals surface area contributed by atoms with Crippen LogP contribution in [0.2, 0.25) is 10.0 Å². The second-order valence-electron chi connectivity index (χ2n) is 4.58. The van der Waals surface area contributed by atoms with Gasteiger partial charge in [0, 0.05) is 23.3 Å². The Morgan fingerprint density at radius 3 is 2.68 bits per heavy atom. The molecule has 2 rings (SSSR count). The van der Waals surface area contributed by atoms with E-state index in [-0.39, 0.29) is 6.04 Å². The molecule has 0 aliphatic carbocycles. The van der Waals surface area contributed by atoms with Gasteiger partial charge in [-0.2, -0.15) is 5.10 Å². The Kier molecular flexibility index (Phi) is 4.38. The summed E-state index contributed by atoms with van der Waals surface area (Å²) in [5.74, 6) is 0. The lowest BCUT2D eigenvalue weighted by molar-refractivity contribution is 0.658. The van der Waals surface area contributed by atoms with Gasteiger partial charge >= 0.3 is 0 Å². The maximum Gasteiger partial charge on any atom is 0.0641 e. The number of hydrogen-bond acceptors (Lipinski definition) is 2. The molecular weight excluding hydrogens is 281 g/mol. The molecule has 1 aromatic carbocycles. The maximum absolute atomic E-state index is 6.22. The van der Waals surface area contributed by atoms with E-state index in [1.165, 1.54) is 0 Å². The Balaban J connectivity index is 2.18. The van der Waals surface area contributed by atoms with Gasteiger partial charge in [-0.15, -0.1) is 0 Å². The first-order chi connectivity index (χ1) is 9.01. The van der Waals surface area contributed by atoms with E-state index in [2.05, 4.69) is 24.3 Å². The van der Waals surface area contributed by atoms with Crippen LogP contribution in [0.25, 0.3) is 0 Å². The molecule has 19 heavy (non-hydrogen) atoms. The molecular formula is C14H17Cl2N3. The number of hydrogen-bond donors (Lipinski definition) is 1. The Morgan fingerprint density at radius 1 is 1.32 bits per heavy atom. The summed E-state index contributed by atoms with van der Waals surface area (Å²) in [7, 11) is 0. The van der Waals surface area contributed by atoms with E-state index in [0.29, 0.717) is 10.0 Å². The van der Waals surface area contributed by atoms with Gasteiger partial charge in [0.2, 0.25) is 0 Å². The summed E-state index contributed by atoms with van der Waals surface area (Å²) in [6.07, 6.45) is 3.90. The SMILES string of the molecule is CCn1cc(C(C)Nc2cc(Cl)c(C)cc2Cl)cn1. The summed E-state index contributed by atoms with van der Waals surface area (Å²) in [5.41, 5.74) is 2.94. The number of anilines is 1. The van der Waals surface area contributed by atoms with E-state index in [0.717, 1.165) is 23.4 Å². The van der Waals surface area contributed by atoms with Crippen molar-refractivity contribution in [2.45, 2.75) is 33.4 Å². The zero-order valence-electron chi connectivity index (χ0n) is 11.2. The van der Waals surface area contributed by atoms with Gasteiger partial charge in [0.05, 0.1) is 22.9 Å². The number of benzene rings is 1. The molecule has 0 saturated heterocycles. The van der Waals surface area contributed by atoms with Crippen LogP contribution in [0.3, 0.4) is 0 Å². The summed E-state index contributed by atoms with van der Waals surface area (Å²) in [6, 6.07) is 3.85. The highest BCUT2D eigenvalue weighted by Crippen LogP contribution is 2.31. The van der Waals surface area contributed by atoms with Crippen molar-refractivity contribution in [2.75, 3.05) is 5.32 Å². The summed E-state index contributed by atoms with van der Waals surface area (Å²) >= 11 is 12.4. The van der Waals surface area contributed by atoms with Crippen LogP contribution in [0.1, 0.15) is 31.0 Å². The molecule has 1 aromatic heterocycles. The fourth-order valence-corrected chi connectivity index (χ4v) is 2.29. The lowest BCUT2D eigenvalue weighted by atomic mass is 10.1. The molecule has 1 atom stereocenters. The second-order valence-corrected chi connectivity index (χ2v) is 5.39. The van der Waals surface area contributed by atoms with Crippen LogP contribution in [-0.4, -0.2) is 9.78 Å². The predicted octanol–water partition coefficient (Wildman–Crippen LogP) is 4.69. The predicted molar refractivity (Wildman–Crippen MR) is 81.1 cm³/mol. The fourth-order valence-electron chi connectivity index (χ4n) is 1.85. The first-order valence-electron chi connectivity index (χ1n) is 6.25. The monoisotopic (exact) mass is 297 g/mol. The van der Waals surface area contributed by atoms with Crippen LogP contribution in [0.4, 0.5) is 5.69 Å². The third-order valence-electron chi connectivity index (χ3n) is 3.10. The molecule has 2 aromatic rings. The van der Waals surface area contributed by atoms with Crippen LogP contribution >= 0.6 is 23.2 Å². The Morgan fingerprint density at radius 2 is 2.05 bits per heavy atom. The van der Waals surface area contributed by atoms with Gasteiger partial charge in [0.1, 0.15) is 0 Å². The van der Waals surface area contributed by atoms with Gasteiger partial charge in [-0.1, -0.05) is 23.2 Å². The summed E-state index contributed by atoms with van der Waals surface area (Å²) in [5, 5.41) is 9.02. The highest BCUT2D eigenvalue weighted by Gasteiger charge is 2.11. The van der Waals surface area contributed by atoms with E-state index in [1.807, 2.05) is 36.1 Å². The van der Waals surface area contributed by atoms with Crippen molar-refractivity contribution in [3.8, 4) is 0 Å². The average Bonchev–Trinajstić information content (AvgIpc) is 2.84. The molecule has 0 aliphatic heterocycles. The van der Waals surface area contributed by atoms with Crippen LogP contribution in [0.5, 0.6) is 0 Å². The third-order valence-corrected chi connectivity index (χ3v) is 3.82. The summed E-state index contributed by atoms with van der Waals surface area (Å²) in [4.78, 5) is 0. The van der Waals surface area contributed by atoms with Crippen molar-refractivity contribution < 1.29 is 0 Å². The fraction of sp³-hybridized carbons (Fsp3) is 0.357.